The average Bonchev–Trinajstić information content (AvgIpc) is 2.96. The monoisotopic (exact) mass is 387 g/mol. The van der Waals surface area contributed by atoms with Crippen molar-refractivity contribution < 1.29 is 0 Å². The topological polar surface area (TPSA) is 30.7 Å². The first-order valence-corrected chi connectivity index (χ1v) is 9.38. The summed E-state index contributed by atoms with van der Waals surface area (Å²) in [6.07, 6.45) is 0.817. The summed E-state index contributed by atoms with van der Waals surface area (Å²) in [5, 5.41) is 9.77. The predicted octanol–water partition coefficient (Wildman–Crippen LogP) is 4.94. The molecule has 5 heteroatoms. The first kappa shape index (κ1) is 16.3. The molecule has 3 nitrogen and oxygen atoms in total. The van der Waals surface area contributed by atoms with Crippen LogP contribution in [-0.2, 0) is 18.7 Å². The van der Waals surface area contributed by atoms with Crippen LogP contribution in [0.2, 0.25) is 0 Å². The van der Waals surface area contributed by atoms with Crippen LogP contribution < -0.4 is 0 Å². The molecule has 0 radical (unpaired) electrons. The van der Waals surface area contributed by atoms with E-state index in [1.807, 2.05) is 12.1 Å². The van der Waals surface area contributed by atoms with E-state index in [0.717, 1.165) is 34.2 Å². The maximum Gasteiger partial charge on any atom is 0.191 e. The largest absolute Gasteiger partial charge is 0.306 e. The molecule has 0 fully saturated rings. The van der Waals surface area contributed by atoms with E-state index in [-0.39, 0.29) is 0 Å². The van der Waals surface area contributed by atoms with Gasteiger partial charge >= 0.3 is 0 Å². The molecule has 0 amide bonds. The van der Waals surface area contributed by atoms with E-state index in [9.17, 15) is 0 Å². The van der Waals surface area contributed by atoms with Crippen molar-refractivity contribution in [2.75, 3.05) is 0 Å². The number of aromatic nitrogens is 3. The van der Waals surface area contributed by atoms with Crippen molar-refractivity contribution in [3.63, 3.8) is 0 Å². The van der Waals surface area contributed by atoms with Gasteiger partial charge in [0.15, 0.2) is 5.16 Å². The fourth-order valence-electron chi connectivity index (χ4n) is 2.41. The van der Waals surface area contributed by atoms with Gasteiger partial charge in [0, 0.05) is 23.2 Å². The van der Waals surface area contributed by atoms with Crippen LogP contribution in [0.5, 0.6) is 0 Å². The zero-order chi connectivity index (χ0) is 16.1. The Hall–Kier alpha value is -1.59. The third-order valence-corrected chi connectivity index (χ3v) is 5.42. The molecule has 3 aromatic rings. The zero-order valence-corrected chi connectivity index (χ0v) is 15.3. The molecule has 0 atom stereocenters. The molecule has 0 aliphatic heterocycles. The van der Waals surface area contributed by atoms with E-state index in [1.165, 1.54) is 11.1 Å². The molecule has 1 aromatic heterocycles. The lowest BCUT2D eigenvalue weighted by Crippen LogP contribution is -2.04. The van der Waals surface area contributed by atoms with Gasteiger partial charge in [-0.3, -0.25) is 0 Å². The second kappa shape index (κ2) is 7.79. The predicted molar refractivity (Wildman–Crippen MR) is 98.6 cm³/mol. The molecule has 0 saturated carbocycles. The molecular formula is C18H18BrN3S. The maximum absolute atomic E-state index is 4.40. The Kier molecular flexibility index (Phi) is 5.51. The van der Waals surface area contributed by atoms with Gasteiger partial charge in [0.25, 0.3) is 0 Å². The summed E-state index contributed by atoms with van der Waals surface area (Å²) in [7, 11) is 0. The quantitative estimate of drug-likeness (QED) is 0.560. The lowest BCUT2D eigenvalue weighted by molar-refractivity contribution is 0.651. The minimum atomic E-state index is 0.817. The van der Waals surface area contributed by atoms with Gasteiger partial charge in [-0.15, -0.1) is 10.2 Å². The van der Waals surface area contributed by atoms with Gasteiger partial charge in [-0.2, -0.15) is 0 Å². The molecule has 1 heterocycles. The third-order valence-electron chi connectivity index (χ3n) is 3.63. The molecule has 0 N–H and O–H groups in total. The van der Waals surface area contributed by atoms with Crippen LogP contribution in [0.25, 0.3) is 0 Å². The fourth-order valence-corrected chi connectivity index (χ4v) is 4.05. The number of benzene rings is 2. The summed E-state index contributed by atoms with van der Waals surface area (Å²) in [4.78, 5) is 0. The van der Waals surface area contributed by atoms with Crippen LogP contribution in [0.4, 0.5) is 0 Å². The number of rotatable bonds is 6. The summed E-state index contributed by atoms with van der Waals surface area (Å²) in [5.41, 5.74) is 2.53. The average molecular weight is 388 g/mol. The van der Waals surface area contributed by atoms with Crippen molar-refractivity contribution in [1.29, 1.82) is 0 Å². The normalized spacial score (nSPS) is 10.9. The second-order valence-corrected chi connectivity index (χ2v) is 6.98. The van der Waals surface area contributed by atoms with E-state index in [1.54, 1.807) is 11.8 Å². The van der Waals surface area contributed by atoms with Gasteiger partial charge < -0.3 is 4.57 Å². The van der Waals surface area contributed by atoms with Crippen LogP contribution in [0.15, 0.2) is 64.2 Å². The van der Waals surface area contributed by atoms with E-state index < -0.39 is 0 Å². The Morgan fingerprint density at radius 2 is 1.74 bits per heavy atom. The van der Waals surface area contributed by atoms with Gasteiger partial charge in [0.1, 0.15) is 5.82 Å². The van der Waals surface area contributed by atoms with Gasteiger partial charge in [-0.25, -0.2) is 0 Å². The smallest absolute Gasteiger partial charge is 0.191 e. The number of hydrogen-bond acceptors (Lipinski definition) is 3. The summed E-state index contributed by atoms with van der Waals surface area (Å²) >= 11 is 5.33. The van der Waals surface area contributed by atoms with Gasteiger partial charge in [-0.1, -0.05) is 76.2 Å². The van der Waals surface area contributed by atoms with E-state index in [4.69, 9.17) is 0 Å². The number of thioether (sulfide) groups is 1. The number of halogens is 1. The van der Waals surface area contributed by atoms with Crippen molar-refractivity contribution >= 4 is 27.7 Å². The van der Waals surface area contributed by atoms with Crippen LogP contribution >= 0.6 is 27.7 Å². The van der Waals surface area contributed by atoms with E-state index in [2.05, 4.69) is 80.1 Å². The molecule has 23 heavy (non-hydrogen) atoms. The molecule has 0 aliphatic rings. The summed E-state index contributed by atoms with van der Waals surface area (Å²) in [6, 6.07) is 18.7. The number of hydrogen-bond donors (Lipinski definition) is 0. The molecule has 118 valence electrons. The first-order valence-electron chi connectivity index (χ1n) is 7.60. The van der Waals surface area contributed by atoms with Crippen molar-refractivity contribution in [2.45, 2.75) is 30.8 Å². The Morgan fingerprint density at radius 3 is 2.48 bits per heavy atom. The molecular weight excluding hydrogens is 370 g/mol. The molecule has 0 unspecified atom stereocenters. The van der Waals surface area contributed by atoms with Crippen molar-refractivity contribution in [3.8, 4) is 0 Å². The van der Waals surface area contributed by atoms with Gasteiger partial charge in [0.05, 0.1) is 0 Å². The molecule has 3 rings (SSSR count). The third kappa shape index (κ3) is 4.03. The summed E-state index contributed by atoms with van der Waals surface area (Å²) in [5.74, 6) is 1.90. The van der Waals surface area contributed by atoms with Crippen molar-refractivity contribution in [3.05, 3.63) is 76.0 Å². The Labute approximate surface area is 149 Å². The number of nitrogens with zero attached hydrogens (tertiary/aromatic N) is 3. The first-order chi connectivity index (χ1) is 11.3. The van der Waals surface area contributed by atoms with Crippen LogP contribution in [0.3, 0.4) is 0 Å². The van der Waals surface area contributed by atoms with E-state index >= 15 is 0 Å². The molecule has 0 saturated heterocycles. The molecule has 2 aromatic carbocycles. The lowest BCUT2D eigenvalue weighted by atomic mass is 10.1. The zero-order valence-electron chi connectivity index (χ0n) is 12.9. The summed E-state index contributed by atoms with van der Waals surface area (Å²) < 4.78 is 3.34. The molecule has 0 spiro atoms. The molecule has 0 bridgehead atoms. The highest BCUT2D eigenvalue weighted by atomic mass is 79.9. The van der Waals surface area contributed by atoms with Crippen LogP contribution in [0, 0.1) is 0 Å². The Morgan fingerprint density at radius 1 is 1.00 bits per heavy atom. The van der Waals surface area contributed by atoms with Crippen LogP contribution in [-0.4, -0.2) is 14.8 Å². The highest BCUT2D eigenvalue weighted by molar-refractivity contribution is 9.10. The minimum absolute atomic E-state index is 0.817. The van der Waals surface area contributed by atoms with Crippen molar-refractivity contribution in [2.24, 2.45) is 0 Å². The standard InChI is InChI=1S/C18H18BrN3S/c1-2-22-17(12-14-8-4-3-5-9-14)20-21-18(22)23-13-15-10-6-7-11-16(15)19/h3-11H,2,12-13H2,1H3. The molecule has 0 aliphatic carbocycles. The SMILES string of the molecule is CCn1c(Cc2ccccc2)nnc1SCc1ccccc1Br. The minimum Gasteiger partial charge on any atom is -0.306 e. The Bertz CT molecular complexity index is 771. The van der Waals surface area contributed by atoms with Gasteiger partial charge in [-0.05, 0) is 24.1 Å². The Balaban J connectivity index is 1.74. The second-order valence-electron chi connectivity index (χ2n) is 5.19. The highest BCUT2D eigenvalue weighted by Gasteiger charge is 2.12. The summed E-state index contributed by atoms with van der Waals surface area (Å²) in [6.45, 7) is 3.02. The van der Waals surface area contributed by atoms with Crippen LogP contribution in [0.1, 0.15) is 23.9 Å². The highest BCUT2D eigenvalue weighted by Crippen LogP contribution is 2.26. The van der Waals surface area contributed by atoms with Crippen molar-refractivity contribution in [1.82, 2.24) is 14.8 Å². The van der Waals surface area contributed by atoms with E-state index in [0.29, 0.717) is 0 Å². The fraction of sp³-hybridized carbons (Fsp3) is 0.222. The van der Waals surface area contributed by atoms with Gasteiger partial charge in [0.2, 0.25) is 0 Å². The lowest BCUT2D eigenvalue weighted by Gasteiger charge is -2.08. The maximum atomic E-state index is 4.40.